The number of rotatable bonds is 6. The van der Waals surface area contributed by atoms with Gasteiger partial charge in [-0.1, -0.05) is 6.07 Å². The minimum atomic E-state index is -0.884. The van der Waals surface area contributed by atoms with Crippen LogP contribution in [0.2, 0.25) is 0 Å². The Kier molecular flexibility index (Phi) is 6.83. The highest BCUT2D eigenvalue weighted by Gasteiger charge is 2.19. The molecule has 0 atom stereocenters. The van der Waals surface area contributed by atoms with Crippen LogP contribution in [0.4, 0.5) is 25.1 Å². The van der Waals surface area contributed by atoms with Crippen LogP contribution in [0.25, 0.3) is 10.9 Å². The predicted octanol–water partition coefficient (Wildman–Crippen LogP) is 4.28. The molecule has 174 valence electrons. The Hall–Kier alpha value is -3.53. The van der Waals surface area contributed by atoms with E-state index in [4.69, 9.17) is 9.47 Å². The number of methoxy groups -OCH3 is 1. The number of nitrogens with zero attached hydrogens (tertiary/aromatic N) is 3. The van der Waals surface area contributed by atoms with Gasteiger partial charge in [0.05, 0.1) is 19.2 Å². The number of benzene rings is 2. The SMILES string of the molecule is COc1cc2c(NC(=O)Nc3c(F)cccc3F)ncnc2cc1OCC1CCN(C)CC1. The Morgan fingerprint density at radius 2 is 1.85 bits per heavy atom. The van der Waals surface area contributed by atoms with Crippen LogP contribution in [0.1, 0.15) is 12.8 Å². The highest BCUT2D eigenvalue weighted by atomic mass is 19.1. The van der Waals surface area contributed by atoms with E-state index in [0.29, 0.717) is 34.9 Å². The lowest BCUT2D eigenvalue weighted by atomic mass is 9.98. The summed E-state index contributed by atoms with van der Waals surface area (Å²) in [5, 5.41) is 5.17. The van der Waals surface area contributed by atoms with E-state index in [1.807, 2.05) is 0 Å². The molecule has 2 amide bonds. The summed E-state index contributed by atoms with van der Waals surface area (Å²) in [6, 6.07) is 5.86. The first-order valence-electron chi connectivity index (χ1n) is 10.6. The van der Waals surface area contributed by atoms with Crippen molar-refractivity contribution in [3.8, 4) is 11.5 Å². The molecule has 0 unspecified atom stereocenters. The van der Waals surface area contributed by atoms with Gasteiger partial charge in [-0.2, -0.15) is 0 Å². The van der Waals surface area contributed by atoms with Crippen molar-refractivity contribution in [1.82, 2.24) is 14.9 Å². The Balaban J connectivity index is 1.52. The molecule has 1 aromatic heterocycles. The standard InChI is InChI=1S/C23H25F2N5O3/c1-30-8-6-14(7-9-30)12-33-20-11-18-15(10-19(20)32-2)22(27-13-26-18)29-23(31)28-21-16(24)4-3-5-17(21)25/h3-5,10-11,13-14H,6-9,12H2,1-2H3,(H2,26,27,28,29,31). The molecule has 0 bridgehead atoms. The van der Waals surface area contributed by atoms with E-state index in [-0.39, 0.29) is 5.82 Å². The smallest absolute Gasteiger partial charge is 0.325 e. The molecule has 1 fully saturated rings. The van der Waals surface area contributed by atoms with Crippen molar-refractivity contribution in [2.75, 3.05) is 44.5 Å². The molecule has 10 heteroatoms. The molecular weight excluding hydrogens is 432 g/mol. The zero-order chi connectivity index (χ0) is 23.4. The molecule has 33 heavy (non-hydrogen) atoms. The number of piperidine rings is 1. The average Bonchev–Trinajstić information content (AvgIpc) is 2.81. The van der Waals surface area contributed by atoms with E-state index >= 15 is 0 Å². The van der Waals surface area contributed by atoms with Crippen LogP contribution >= 0.6 is 0 Å². The van der Waals surface area contributed by atoms with Crippen LogP contribution in [-0.4, -0.2) is 54.8 Å². The molecule has 1 aliphatic heterocycles. The van der Waals surface area contributed by atoms with Crippen LogP contribution in [0.3, 0.4) is 0 Å². The zero-order valence-corrected chi connectivity index (χ0v) is 18.4. The lowest BCUT2D eigenvalue weighted by Crippen LogP contribution is -2.32. The predicted molar refractivity (Wildman–Crippen MR) is 121 cm³/mol. The van der Waals surface area contributed by atoms with E-state index in [1.165, 1.54) is 19.5 Å². The summed E-state index contributed by atoms with van der Waals surface area (Å²) in [4.78, 5) is 23.0. The monoisotopic (exact) mass is 457 g/mol. The Morgan fingerprint density at radius 3 is 2.55 bits per heavy atom. The van der Waals surface area contributed by atoms with Crippen molar-refractivity contribution < 1.29 is 23.0 Å². The fourth-order valence-corrected chi connectivity index (χ4v) is 3.74. The number of nitrogens with one attached hydrogen (secondary N) is 2. The lowest BCUT2D eigenvalue weighted by Gasteiger charge is -2.28. The highest BCUT2D eigenvalue weighted by Crippen LogP contribution is 2.34. The summed E-state index contributed by atoms with van der Waals surface area (Å²) in [7, 11) is 3.63. The number of urea groups is 1. The van der Waals surface area contributed by atoms with Crippen LogP contribution < -0.4 is 20.1 Å². The van der Waals surface area contributed by atoms with E-state index in [2.05, 4.69) is 32.5 Å². The lowest BCUT2D eigenvalue weighted by molar-refractivity contribution is 0.157. The van der Waals surface area contributed by atoms with E-state index in [0.717, 1.165) is 38.1 Å². The maximum absolute atomic E-state index is 13.8. The van der Waals surface area contributed by atoms with Gasteiger partial charge in [-0.05, 0) is 57.1 Å². The van der Waals surface area contributed by atoms with Crippen molar-refractivity contribution in [2.24, 2.45) is 5.92 Å². The number of carbonyl (C=O) groups is 1. The van der Waals surface area contributed by atoms with Gasteiger partial charge < -0.3 is 19.7 Å². The number of halogens is 2. The first-order valence-corrected chi connectivity index (χ1v) is 10.6. The summed E-state index contributed by atoms with van der Waals surface area (Å²) in [6.07, 6.45) is 3.43. The molecule has 2 aromatic carbocycles. The summed E-state index contributed by atoms with van der Waals surface area (Å²) in [5.41, 5.74) is -0.0212. The third-order valence-corrected chi connectivity index (χ3v) is 5.67. The van der Waals surface area contributed by atoms with Gasteiger partial charge in [-0.15, -0.1) is 0 Å². The van der Waals surface area contributed by atoms with Crippen LogP contribution in [0.15, 0.2) is 36.7 Å². The van der Waals surface area contributed by atoms with Crippen molar-refractivity contribution in [1.29, 1.82) is 0 Å². The van der Waals surface area contributed by atoms with Gasteiger partial charge in [0, 0.05) is 11.5 Å². The highest BCUT2D eigenvalue weighted by molar-refractivity contribution is 6.04. The van der Waals surface area contributed by atoms with Gasteiger partial charge in [-0.25, -0.2) is 23.5 Å². The summed E-state index contributed by atoms with van der Waals surface area (Å²) in [6.45, 7) is 2.66. The van der Waals surface area contributed by atoms with Gasteiger partial charge in [0.25, 0.3) is 0 Å². The third-order valence-electron chi connectivity index (χ3n) is 5.67. The summed E-state index contributed by atoms with van der Waals surface area (Å²) < 4.78 is 39.2. The number of para-hydroxylation sites is 1. The minimum absolute atomic E-state index is 0.161. The number of carbonyl (C=O) groups excluding carboxylic acids is 1. The molecule has 0 spiro atoms. The molecule has 8 nitrogen and oxygen atoms in total. The molecular formula is C23H25F2N5O3. The van der Waals surface area contributed by atoms with Crippen molar-refractivity contribution in [2.45, 2.75) is 12.8 Å². The van der Waals surface area contributed by atoms with Crippen molar-refractivity contribution >= 4 is 28.4 Å². The van der Waals surface area contributed by atoms with Crippen molar-refractivity contribution in [3.05, 3.63) is 48.3 Å². The first-order chi connectivity index (χ1) is 15.9. The van der Waals surface area contributed by atoms with Gasteiger partial charge in [0.2, 0.25) is 0 Å². The number of hydrogen-bond donors (Lipinski definition) is 2. The second-order valence-electron chi connectivity index (χ2n) is 7.98. The topological polar surface area (TPSA) is 88.6 Å². The Labute approximate surface area is 189 Å². The number of fused-ring (bicyclic) bond motifs is 1. The fraction of sp³-hybridized carbons (Fsp3) is 0.348. The third kappa shape index (κ3) is 5.28. The van der Waals surface area contributed by atoms with Gasteiger partial charge in [-0.3, -0.25) is 5.32 Å². The molecule has 2 heterocycles. The van der Waals surface area contributed by atoms with Crippen molar-refractivity contribution in [3.63, 3.8) is 0 Å². The Morgan fingerprint density at radius 1 is 1.12 bits per heavy atom. The number of anilines is 2. The number of likely N-dealkylation sites (tertiary alicyclic amines) is 1. The molecule has 2 N–H and O–H groups in total. The van der Waals surface area contributed by atoms with E-state index < -0.39 is 23.4 Å². The van der Waals surface area contributed by atoms with Crippen LogP contribution in [0.5, 0.6) is 11.5 Å². The molecule has 0 saturated carbocycles. The van der Waals surface area contributed by atoms with Gasteiger partial charge >= 0.3 is 6.03 Å². The number of amides is 2. The zero-order valence-electron chi connectivity index (χ0n) is 18.4. The minimum Gasteiger partial charge on any atom is -0.493 e. The maximum Gasteiger partial charge on any atom is 0.325 e. The van der Waals surface area contributed by atoms with Crippen LogP contribution in [-0.2, 0) is 0 Å². The van der Waals surface area contributed by atoms with Gasteiger partial charge in [0.15, 0.2) is 11.5 Å². The molecule has 0 radical (unpaired) electrons. The number of hydrogen-bond acceptors (Lipinski definition) is 6. The van der Waals surface area contributed by atoms with Gasteiger partial charge in [0.1, 0.15) is 29.5 Å². The number of ether oxygens (including phenoxy) is 2. The Bertz CT molecular complexity index is 1130. The van der Waals surface area contributed by atoms with Crippen LogP contribution in [0, 0.1) is 17.6 Å². The largest absolute Gasteiger partial charge is 0.493 e. The molecule has 1 aliphatic rings. The molecule has 3 aromatic rings. The summed E-state index contributed by atoms with van der Waals surface area (Å²) >= 11 is 0. The quantitative estimate of drug-likeness (QED) is 0.575. The molecule has 1 saturated heterocycles. The normalized spacial score (nSPS) is 14.8. The second kappa shape index (κ2) is 9.95. The molecule has 4 rings (SSSR count). The van der Waals surface area contributed by atoms with E-state index in [9.17, 15) is 13.6 Å². The first kappa shape index (κ1) is 22.7. The maximum atomic E-state index is 13.8. The second-order valence-corrected chi connectivity index (χ2v) is 7.98. The van der Waals surface area contributed by atoms with E-state index in [1.54, 1.807) is 12.1 Å². The summed E-state index contributed by atoms with van der Waals surface area (Å²) in [5.74, 6) is -0.127. The fourth-order valence-electron chi connectivity index (χ4n) is 3.74. The number of aromatic nitrogens is 2. The molecule has 0 aliphatic carbocycles. The average molecular weight is 457 g/mol.